The largest absolute Gasteiger partial charge is 1.00 e. The number of nitrogens with one attached hydrogen (secondary N) is 1. The van der Waals surface area contributed by atoms with E-state index in [0.717, 1.165) is 24.2 Å². The molecule has 0 unspecified atom stereocenters. The molecule has 0 aliphatic carbocycles. The molecule has 1 N–H and O–H groups in total. The fourth-order valence-electron chi connectivity index (χ4n) is 3.10. The van der Waals surface area contributed by atoms with Gasteiger partial charge in [0, 0.05) is 13.3 Å². The summed E-state index contributed by atoms with van der Waals surface area (Å²) in [5, 5.41) is 2.87. The molecule has 0 saturated carbocycles. The van der Waals surface area contributed by atoms with Gasteiger partial charge >= 0.3 is 5.97 Å². The van der Waals surface area contributed by atoms with Crippen LogP contribution in [0.25, 0.3) is 0 Å². The van der Waals surface area contributed by atoms with Crippen molar-refractivity contribution < 1.29 is 31.2 Å². The van der Waals surface area contributed by atoms with E-state index in [0.29, 0.717) is 10.9 Å². The Morgan fingerprint density at radius 1 is 1.10 bits per heavy atom. The summed E-state index contributed by atoms with van der Waals surface area (Å²) in [7, 11) is 4.22. The van der Waals surface area contributed by atoms with Crippen molar-refractivity contribution in [2.24, 2.45) is 0 Å². The molecule has 0 aliphatic heterocycles. The van der Waals surface area contributed by atoms with E-state index in [9.17, 15) is 9.59 Å². The molecule has 0 fully saturated rings. The lowest BCUT2D eigenvalue weighted by Gasteiger charge is -2.30. The van der Waals surface area contributed by atoms with Gasteiger partial charge in [-0.2, -0.15) is 0 Å². The smallest absolute Gasteiger partial charge is 0.329 e. The number of allylic oxidation sites excluding steroid dienone is 1. The summed E-state index contributed by atoms with van der Waals surface area (Å²) in [6.07, 6.45) is 6.78. The van der Waals surface area contributed by atoms with Gasteiger partial charge in [-0.3, -0.25) is 9.28 Å². The van der Waals surface area contributed by atoms with Gasteiger partial charge < -0.3 is 22.5 Å². The quantitative estimate of drug-likeness (QED) is 0.240. The highest BCUT2D eigenvalue weighted by Crippen LogP contribution is 2.15. The molecule has 0 aliphatic rings. The predicted octanol–water partition coefficient (Wildman–Crippen LogP) is 1.62. The lowest BCUT2D eigenvalue weighted by molar-refractivity contribution is -0.852. The minimum Gasteiger partial charge on any atom is -1.00 e. The Morgan fingerprint density at radius 2 is 1.71 bits per heavy atom. The van der Waals surface area contributed by atoms with E-state index >= 15 is 0 Å². The first-order valence-corrected chi connectivity index (χ1v) is 11.0. The molecule has 31 heavy (non-hydrogen) atoms. The Labute approximate surface area is 195 Å². The van der Waals surface area contributed by atoms with E-state index in [-0.39, 0.29) is 18.3 Å². The molecular formula is C25H41ClN2O3. The number of hydrogen-bond donors (Lipinski definition) is 1. The number of carbonyl (C=O) groups excluding carboxylic acids is 2. The number of benzene rings is 1. The van der Waals surface area contributed by atoms with Crippen LogP contribution in [0.3, 0.4) is 0 Å². The van der Waals surface area contributed by atoms with Crippen LogP contribution in [0.4, 0.5) is 0 Å². The number of ether oxygens (including phenoxy) is 1. The lowest BCUT2D eigenvalue weighted by atomic mass is 10.1. The number of amides is 1. The highest BCUT2D eigenvalue weighted by molar-refractivity contribution is 5.91. The molecule has 5 nitrogen and oxygen atoms in total. The Hall–Kier alpha value is -1.85. The van der Waals surface area contributed by atoms with E-state index < -0.39 is 17.6 Å². The molecule has 1 aromatic rings. The Morgan fingerprint density at radius 3 is 2.26 bits per heavy atom. The molecule has 1 amide bonds. The van der Waals surface area contributed by atoms with Gasteiger partial charge in [-0.05, 0) is 39.2 Å². The minimum atomic E-state index is -0.733. The maximum Gasteiger partial charge on any atom is 0.329 e. The number of nitrogens with zero attached hydrogens (tertiary/aromatic N) is 1. The summed E-state index contributed by atoms with van der Waals surface area (Å²) in [5.41, 5.74) is 1.33. The molecule has 0 spiro atoms. The summed E-state index contributed by atoms with van der Waals surface area (Å²) in [5.74, 6) is -0.682. The van der Waals surface area contributed by atoms with Gasteiger partial charge in [0.05, 0.1) is 26.7 Å². The number of rotatable bonds is 11. The molecule has 1 atom stereocenters. The van der Waals surface area contributed by atoms with Crippen LogP contribution in [0.5, 0.6) is 0 Å². The first-order chi connectivity index (χ1) is 13.9. The lowest BCUT2D eigenvalue weighted by Crippen LogP contribution is -3.00. The number of quaternary nitrogens is 1. The molecule has 1 rings (SSSR count). The fraction of sp³-hybridized carbons (Fsp3) is 0.600. The maximum atomic E-state index is 12.7. The third-order valence-electron chi connectivity index (χ3n) is 5.16. The van der Waals surface area contributed by atoms with Gasteiger partial charge in [-0.1, -0.05) is 50.1 Å². The zero-order valence-corrected chi connectivity index (χ0v) is 21.1. The molecule has 6 heteroatoms. The number of halogens is 1. The van der Waals surface area contributed by atoms with Gasteiger partial charge in [0.15, 0.2) is 0 Å². The summed E-state index contributed by atoms with van der Waals surface area (Å²) in [6.45, 7) is 10.6. The highest BCUT2D eigenvalue weighted by atomic mass is 35.5. The normalized spacial score (nSPS) is 13.2. The van der Waals surface area contributed by atoms with Gasteiger partial charge in [0.1, 0.15) is 17.3 Å². The summed E-state index contributed by atoms with van der Waals surface area (Å²) in [4.78, 5) is 25.5. The Bertz CT molecular complexity index is 709. The topological polar surface area (TPSA) is 55.4 Å². The molecule has 0 aromatic heterocycles. The van der Waals surface area contributed by atoms with E-state index in [2.05, 4.69) is 26.3 Å². The second-order valence-corrected chi connectivity index (χ2v) is 9.54. The first-order valence-electron chi connectivity index (χ1n) is 11.0. The minimum absolute atomic E-state index is 0. The molecule has 1 aromatic carbocycles. The maximum absolute atomic E-state index is 12.7. The summed E-state index contributed by atoms with van der Waals surface area (Å²) < 4.78 is 6.20. The predicted molar refractivity (Wildman–Crippen MR) is 123 cm³/mol. The van der Waals surface area contributed by atoms with Crippen LogP contribution < -0.4 is 17.7 Å². The van der Waals surface area contributed by atoms with Crippen LogP contribution in [0.2, 0.25) is 0 Å². The van der Waals surface area contributed by atoms with E-state index in [4.69, 9.17) is 4.74 Å². The summed E-state index contributed by atoms with van der Waals surface area (Å²) in [6, 6.07) is 8.93. The zero-order valence-electron chi connectivity index (χ0n) is 20.3. The number of esters is 1. The third kappa shape index (κ3) is 11.9. The average molecular weight is 453 g/mol. The highest BCUT2D eigenvalue weighted by Gasteiger charge is 2.27. The second-order valence-electron chi connectivity index (χ2n) is 9.54. The van der Waals surface area contributed by atoms with Crippen molar-refractivity contribution in [3.05, 3.63) is 47.7 Å². The Kier molecular flexibility index (Phi) is 12.7. The monoisotopic (exact) mass is 452 g/mol. The van der Waals surface area contributed by atoms with Crippen molar-refractivity contribution in [2.75, 3.05) is 20.6 Å². The van der Waals surface area contributed by atoms with Crippen LogP contribution in [-0.2, 0) is 20.7 Å². The molecule has 176 valence electrons. The van der Waals surface area contributed by atoms with Crippen LogP contribution >= 0.6 is 0 Å². The fourth-order valence-corrected chi connectivity index (χ4v) is 3.10. The molecule has 0 saturated heterocycles. The van der Waals surface area contributed by atoms with Gasteiger partial charge in [-0.15, -0.1) is 0 Å². The van der Waals surface area contributed by atoms with E-state index in [1.807, 2.05) is 58.0 Å². The van der Waals surface area contributed by atoms with Crippen molar-refractivity contribution in [3.63, 3.8) is 0 Å². The molecular weight excluding hydrogens is 412 g/mol. The van der Waals surface area contributed by atoms with Crippen LogP contribution in [0, 0.1) is 0 Å². The number of unbranched alkanes of at least 4 members (excludes halogenated alkanes) is 3. The van der Waals surface area contributed by atoms with E-state index in [1.54, 1.807) is 6.08 Å². The first kappa shape index (κ1) is 29.1. The average Bonchev–Trinajstić information content (AvgIpc) is 2.64. The van der Waals surface area contributed by atoms with Crippen molar-refractivity contribution in [3.8, 4) is 0 Å². The van der Waals surface area contributed by atoms with Gasteiger partial charge in [0.2, 0.25) is 5.91 Å². The van der Waals surface area contributed by atoms with Crippen LogP contribution in [-0.4, -0.2) is 48.6 Å². The van der Waals surface area contributed by atoms with Crippen LogP contribution in [0.15, 0.2) is 42.1 Å². The number of carbonyl (C=O) groups is 2. The molecule has 0 radical (unpaired) electrons. The SMILES string of the molecule is CCCCCC[N+](C)(C)/C(C)=C/C(=O)N[C@@H](Cc1ccccc1)C(=O)OC(C)(C)C.[Cl-]. The zero-order chi connectivity index (χ0) is 22.8. The van der Waals surface area contributed by atoms with Crippen LogP contribution in [0.1, 0.15) is 65.9 Å². The van der Waals surface area contributed by atoms with Crippen molar-refractivity contribution >= 4 is 11.9 Å². The van der Waals surface area contributed by atoms with Gasteiger partial charge in [0.25, 0.3) is 0 Å². The summed E-state index contributed by atoms with van der Waals surface area (Å²) >= 11 is 0. The standard InChI is InChI=1S/C25H40N2O3.ClH/c1-8-9-10-14-17-27(6,7)20(2)18-23(28)26-22(24(29)30-25(3,4)5)19-21-15-12-11-13-16-21;/h11-13,15-16,18,22H,8-10,14,17,19H2,1-7H3;1H/b20-18+;/t22-;/m0./s1. The van der Waals surface area contributed by atoms with Crippen molar-refractivity contribution in [2.45, 2.75) is 78.4 Å². The van der Waals surface area contributed by atoms with Crippen molar-refractivity contribution in [1.29, 1.82) is 0 Å². The van der Waals surface area contributed by atoms with E-state index in [1.165, 1.54) is 19.3 Å². The Balaban J connectivity index is 0.00000900. The molecule has 0 heterocycles. The number of hydrogen-bond acceptors (Lipinski definition) is 3. The second kappa shape index (κ2) is 13.5. The molecule has 0 bridgehead atoms. The van der Waals surface area contributed by atoms with Gasteiger partial charge in [-0.25, -0.2) is 4.79 Å². The third-order valence-corrected chi connectivity index (χ3v) is 5.16. The van der Waals surface area contributed by atoms with Crippen molar-refractivity contribution in [1.82, 2.24) is 5.32 Å².